The van der Waals surface area contributed by atoms with Crippen molar-refractivity contribution >= 4 is 17.4 Å². The van der Waals surface area contributed by atoms with Crippen molar-refractivity contribution in [1.29, 1.82) is 0 Å². The Hall–Kier alpha value is -2.43. The molecule has 1 aliphatic rings. The summed E-state index contributed by atoms with van der Waals surface area (Å²) >= 11 is 0. The van der Waals surface area contributed by atoms with Crippen molar-refractivity contribution in [3.63, 3.8) is 0 Å². The molecule has 1 aliphatic heterocycles. The van der Waals surface area contributed by atoms with Crippen molar-refractivity contribution in [1.82, 2.24) is 15.5 Å². The Labute approximate surface area is 136 Å². The number of benzene rings is 1. The molecular formula is C18H22N4O. The highest BCUT2D eigenvalue weighted by molar-refractivity contribution is 5.92. The number of hydrogen-bond donors (Lipinski definition) is 1. The van der Waals surface area contributed by atoms with Crippen LogP contribution >= 0.6 is 0 Å². The summed E-state index contributed by atoms with van der Waals surface area (Å²) in [5.41, 5.74) is 2.87. The summed E-state index contributed by atoms with van der Waals surface area (Å²) in [6.07, 6.45) is 1.97. The van der Waals surface area contributed by atoms with E-state index in [1.807, 2.05) is 12.1 Å². The zero-order valence-corrected chi connectivity index (χ0v) is 13.6. The minimum atomic E-state index is -0.161. The Morgan fingerprint density at radius 1 is 1.22 bits per heavy atom. The van der Waals surface area contributed by atoms with Gasteiger partial charge in [-0.3, -0.25) is 4.79 Å². The van der Waals surface area contributed by atoms with Gasteiger partial charge in [0.15, 0.2) is 11.5 Å². The number of amides is 1. The van der Waals surface area contributed by atoms with Crippen LogP contribution in [0.5, 0.6) is 0 Å². The summed E-state index contributed by atoms with van der Waals surface area (Å²) in [5.74, 6) is 1.19. The third-order valence-electron chi connectivity index (χ3n) is 4.05. The maximum absolute atomic E-state index is 12.0. The molecule has 0 atom stereocenters. The van der Waals surface area contributed by atoms with Crippen LogP contribution in [-0.2, 0) is 6.42 Å². The fraction of sp³-hybridized carbons (Fsp3) is 0.389. The lowest BCUT2D eigenvalue weighted by molar-refractivity contribution is 0.0946. The predicted octanol–water partition coefficient (Wildman–Crippen LogP) is 2.95. The minimum Gasteiger partial charge on any atom is -0.351 e. The molecule has 0 fully saturated rings. The molecule has 0 spiro atoms. The van der Waals surface area contributed by atoms with Gasteiger partial charge in [-0.1, -0.05) is 32.0 Å². The first-order valence-electron chi connectivity index (χ1n) is 8.12. The zero-order chi connectivity index (χ0) is 16.2. The van der Waals surface area contributed by atoms with E-state index in [-0.39, 0.29) is 5.91 Å². The second-order valence-corrected chi connectivity index (χ2v) is 6.25. The first-order chi connectivity index (χ1) is 11.1. The number of para-hydroxylation sites is 1. The van der Waals surface area contributed by atoms with Gasteiger partial charge in [-0.25, -0.2) is 0 Å². The molecule has 1 amide bonds. The first-order valence-corrected chi connectivity index (χ1v) is 8.12. The largest absolute Gasteiger partial charge is 0.351 e. The second kappa shape index (κ2) is 6.77. The third kappa shape index (κ3) is 3.50. The third-order valence-corrected chi connectivity index (χ3v) is 4.05. The molecule has 2 aromatic rings. The Kier molecular flexibility index (Phi) is 4.55. The molecule has 5 heteroatoms. The highest BCUT2D eigenvalue weighted by atomic mass is 16.1. The Balaban J connectivity index is 1.67. The SMILES string of the molecule is CC(C)CCNC(=O)c1ccc(N2CCc3ccccc32)nn1. The van der Waals surface area contributed by atoms with Crippen molar-refractivity contribution in [3.8, 4) is 0 Å². The van der Waals surface area contributed by atoms with Gasteiger partial charge in [0.05, 0.1) is 0 Å². The number of nitrogens with zero attached hydrogens (tertiary/aromatic N) is 3. The maximum Gasteiger partial charge on any atom is 0.271 e. The first kappa shape index (κ1) is 15.5. The van der Waals surface area contributed by atoms with Gasteiger partial charge in [0, 0.05) is 18.8 Å². The number of fused-ring (bicyclic) bond motifs is 1. The van der Waals surface area contributed by atoms with Crippen molar-refractivity contribution in [2.45, 2.75) is 26.7 Å². The van der Waals surface area contributed by atoms with E-state index in [9.17, 15) is 4.79 Å². The van der Waals surface area contributed by atoms with E-state index in [1.165, 1.54) is 11.3 Å². The van der Waals surface area contributed by atoms with Crippen LogP contribution in [0.25, 0.3) is 0 Å². The molecule has 0 unspecified atom stereocenters. The van der Waals surface area contributed by atoms with Crippen LogP contribution in [0.15, 0.2) is 36.4 Å². The van der Waals surface area contributed by atoms with Crippen LogP contribution in [0.2, 0.25) is 0 Å². The van der Waals surface area contributed by atoms with Gasteiger partial charge in [0.1, 0.15) is 0 Å². The standard InChI is InChI=1S/C18H22N4O/c1-13(2)9-11-19-18(23)15-7-8-17(21-20-15)22-12-10-14-5-3-4-6-16(14)22/h3-8,13H,9-12H2,1-2H3,(H,19,23). The minimum absolute atomic E-state index is 0.161. The number of aromatic nitrogens is 2. The predicted molar refractivity (Wildman–Crippen MR) is 91.0 cm³/mol. The number of carbonyl (C=O) groups is 1. The van der Waals surface area contributed by atoms with Gasteiger partial charge in [-0.05, 0) is 42.5 Å². The molecule has 0 saturated heterocycles. The average Bonchev–Trinajstić information content (AvgIpc) is 2.98. The van der Waals surface area contributed by atoms with E-state index in [1.54, 1.807) is 6.07 Å². The smallest absolute Gasteiger partial charge is 0.271 e. The Bertz CT molecular complexity index is 682. The summed E-state index contributed by atoms with van der Waals surface area (Å²) < 4.78 is 0. The lowest BCUT2D eigenvalue weighted by atomic mass is 10.1. The van der Waals surface area contributed by atoms with Gasteiger partial charge in [0.2, 0.25) is 0 Å². The van der Waals surface area contributed by atoms with Crippen molar-refractivity contribution in [3.05, 3.63) is 47.7 Å². The molecule has 23 heavy (non-hydrogen) atoms. The molecule has 1 aromatic heterocycles. The number of nitrogens with one attached hydrogen (secondary N) is 1. The van der Waals surface area contributed by atoms with Crippen molar-refractivity contribution in [2.24, 2.45) is 5.92 Å². The van der Waals surface area contributed by atoms with Crippen LogP contribution in [0, 0.1) is 5.92 Å². The van der Waals surface area contributed by atoms with Crippen LogP contribution in [0.1, 0.15) is 36.3 Å². The topological polar surface area (TPSA) is 58.1 Å². The summed E-state index contributed by atoms with van der Waals surface area (Å²) in [7, 11) is 0. The highest BCUT2D eigenvalue weighted by Crippen LogP contribution is 2.32. The van der Waals surface area contributed by atoms with E-state index < -0.39 is 0 Å². The normalized spacial score (nSPS) is 13.3. The number of anilines is 2. The Morgan fingerprint density at radius 2 is 2.04 bits per heavy atom. The van der Waals surface area contributed by atoms with E-state index in [4.69, 9.17) is 0 Å². The molecule has 2 heterocycles. The van der Waals surface area contributed by atoms with Gasteiger partial charge < -0.3 is 10.2 Å². The molecule has 0 bridgehead atoms. The zero-order valence-electron chi connectivity index (χ0n) is 13.6. The maximum atomic E-state index is 12.0. The van der Waals surface area contributed by atoms with Gasteiger partial charge in [-0.2, -0.15) is 0 Å². The molecule has 3 rings (SSSR count). The number of hydrogen-bond acceptors (Lipinski definition) is 4. The summed E-state index contributed by atoms with van der Waals surface area (Å²) in [6.45, 7) is 5.83. The van der Waals surface area contributed by atoms with Gasteiger partial charge >= 0.3 is 0 Å². The van der Waals surface area contributed by atoms with E-state index >= 15 is 0 Å². The molecule has 5 nitrogen and oxygen atoms in total. The summed E-state index contributed by atoms with van der Waals surface area (Å²) in [4.78, 5) is 14.2. The van der Waals surface area contributed by atoms with E-state index in [0.717, 1.165) is 25.2 Å². The fourth-order valence-electron chi connectivity index (χ4n) is 2.73. The molecule has 0 radical (unpaired) electrons. The van der Waals surface area contributed by atoms with Gasteiger partial charge in [0.25, 0.3) is 5.91 Å². The fourth-order valence-corrected chi connectivity index (χ4v) is 2.73. The van der Waals surface area contributed by atoms with Crippen LogP contribution in [0.3, 0.4) is 0 Å². The average molecular weight is 310 g/mol. The highest BCUT2D eigenvalue weighted by Gasteiger charge is 2.21. The van der Waals surface area contributed by atoms with Gasteiger partial charge in [-0.15, -0.1) is 10.2 Å². The number of carbonyl (C=O) groups excluding carboxylic acids is 1. The van der Waals surface area contributed by atoms with Crippen molar-refractivity contribution < 1.29 is 4.79 Å². The molecular weight excluding hydrogens is 288 g/mol. The second-order valence-electron chi connectivity index (χ2n) is 6.25. The lowest BCUT2D eigenvalue weighted by Gasteiger charge is -2.17. The quantitative estimate of drug-likeness (QED) is 0.922. The van der Waals surface area contributed by atoms with E-state index in [2.05, 4.69) is 52.5 Å². The summed E-state index contributed by atoms with van der Waals surface area (Å²) in [5, 5.41) is 11.2. The molecule has 1 aromatic carbocycles. The Morgan fingerprint density at radius 3 is 2.78 bits per heavy atom. The molecule has 0 aliphatic carbocycles. The van der Waals surface area contributed by atoms with Crippen LogP contribution in [-0.4, -0.2) is 29.2 Å². The van der Waals surface area contributed by atoms with E-state index in [0.29, 0.717) is 18.2 Å². The van der Waals surface area contributed by atoms with Crippen LogP contribution in [0.4, 0.5) is 11.5 Å². The monoisotopic (exact) mass is 310 g/mol. The van der Waals surface area contributed by atoms with Crippen molar-refractivity contribution in [2.75, 3.05) is 18.0 Å². The molecule has 120 valence electrons. The van der Waals surface area contributed by atoms with Crippen LogP contribution < -0.4 is 10.2 Å². The lowest BCUT2D eigenvalue weighted by Crippen LogP contribution is -2.26. The number of rotatable bonds is 5. The molecule has 0 saturated carbocycles. The summed E-state index contributed by atoms with van der Waals surface area (Å²) in [6, 6.07) is 11.9. The molecule has 1 N–H and O–H groups in total.